The maximum Gasteiger partial charge on any atom is 0.223 e. The van der Waals surface area contributed by atoms with Crippen LogP contribution in [-0.4, -0.2) is 6.61 Å². The molecule has 0 amide bonds. The zero-order chi connectivity index (χ0) is 9.84. The lowest BCUT2D eigenvalue weighted by Crippen LogP contribution is -2.03. The molecule has 0 saturated carbocycles. The van der Waals surface area contributed by atoms with Crippen LogP contribution in [0.5, 0.6) is 0 Å². The van der Waals surface area contributed by atoms with Crippen LogP contribution in [-0.2, 0) is 9.09 Å². The second-order valence-corrected chi connectivity index (χ2v) is 4.66. The minimum absolute atomic E-state index is 0.148. The zero-order valence-electron chi connectivity index (χ0n) is 7.01. The molecule has 13 heavy (non-hydrogen) atoms. The maximum atomic E-state index is 13.1. The highest BCUT2D eigenvalue weighted by atomic mass is 79.9. The number of rotatable bonds is 3. The van der Waals surface area contributed by atoms with Gasteiger partial charge >= 0.3 is 0 Å². The van der Waals surface area contributed by atoms with Crippen LogP contribution < -0.4 is 5.30 Å². The molecule has 0 bridgehead atoms. The zero-order valence-corrected chi connectivity index (χ0v) is 9.60. The Balaban J connectivity index is 2.95. The summed E-state index contributed by atoms with van der Waals surface area (Å²) in [4.78, 5) is 0. The molecule has 72 valence electrons. The van der Waals surface area contributed by atoms with Crippen molar-refractivity contribution in [3.63, 3.8) is 0 Å². The van der Waals surface area contributed by atoms with Crippen molar-refractivity contribution in [3.8, 4) is 0 Å². The Morgan fingerprint density at radius 2 is 2.31 bits per heavy atom. The lowest BCUT2D eigenvalue weighted by Gasteiger charge is -2.03. The second kappa shape index (κ2) is 4.89. The summed E-state index contributed by atoms with van der Waals surface area (Å²) < 4.78 is 29.9. The predicted molar refractivity (Wildman–Crippen MR) is 54.4 cm³/mol. The molecule has 0 aliphatic carbocycles. The van der Waals surface area contributed by atoms with E-state index in [-0.39, 0.29) is 5.30 Å². The largest absolute Gasteiger partial charge is 0.328 e. The van der Waals surface area contributed by atoms with Crippen molar-refractivity contribution in [1.82, 2.24) is 0 Å². The van der Waals surface area contributed by atoms with Crippen molar-refractivity contribution in [2.24, 2.45) is 0 Å². The highest BCUT2D eigenvalue weighted by Crippen LogP contribution is 2.24. The van der Waals surface area contributed by atoms with Crippen molar-refractivity contribution >= 4 is 29.3 Å². The van der Waals surface area contributed by atoms with Gasteiger partial charge in [0.1, 0.15) is 5.82 Å². The molecule has 0 fully saturated rings. The summed E-state index contributed by atoms with van der Waals surface area (Å²) in [6.07, 6.45) is 0. The monoisotopic (exact) mass is 266 g/mol. The van der Waals surface area contributed by atoms with E-state index in [1.165, 1.54) is 12.1 Å². The van der Waals surface area contributed by atoms with Crippen LogP contribution in [0.15, 0.2) is 22.7 Å². The fourth-order valence-corrected chi connectivity index (χ4v) is 2.10. The van der Waals surface area contributed by atoms with Gasteiger partial charge in [0.15, 0.2) is 0 Å². The summed E-state index contributed by atoms with van der Waals surface area (Å²) in [5.74, 6) is -0.494. The quantitative estimate of drug-likeness (QED) is 0.787. The first-order valence-electron chi connectivity index (χ1n) is 3.77. The first kappa shape index (κ1) is 10.9. The molecular weight excluding hydrogens is 258 g/mol. The van der Waals surface area contributed by atoms with Crippen LogP contribution in [0.3, 0.4) is 0 Å². The van der Waals surface area contributed by atoms with Gasteiger partial charge in [-0.15, -0.1) is 0 Å². The van der Waals surface area contributed by atoms with E-state index in [0.29, 0.717) is 11.1 Å². The van der Waals surface area contributed by atoms with E-state index in [9.17, 15) is 8.96 Å². The van der Waals surface area contributed by atoms with Crippen LogP contribution >= 0.6 is 24.0 Å². The Kier molecular flexibility index (Phi) is 4.10. The lowest BCUT2D eigenvalue weighted by molar-refractivity contribution is 0.356. The van der Waals surface area contributed by atoms with Crippen LogP contribution in [0.2, 0.25) is 0 Å². The van der Waals surface area contributed by atoms with Crippen molar-refractivity contribution in [3.05, 3.63) is 28.5 Å². The summed E-state index contributed by atoms with van der Waals surface area (Å²) in [5, 5.41) is 0.148. The Hall–Kier alpha value is -0.180. The van der Waals surface area contributed by atoms with Crippen LogP contribution in [0.4, 0.5) is 4.39 Å². The normalized spacial score (nSPS) is 12.8. The van der Waals surface area contributed by atoms with E-state index in [0.717, 1.165) is 0 Å². The van der Waals surface area contributed by atoms with Crippen molar-refractivity contribution in [1.29, 1.82) is 0 Å². The molecule has 1 aromatic rings. The third-order valence-electron chi connectivity index (χ3n) is 1.43. The molecule has 0 N–H and O–H groups in total. The predicted octanol–water partition coefficient (Wildman–Crippen LogP) is 2.72. The van der Waals surface area contributed by atoms with Crippen LogP contribution in [0.25, 0.3) is 0 Å². The maximum absolute atomic E-state index is 13.1. The topological polar surface area (TPSA) is 26.3 Å². The van der Waals surface area contributed by atoms with Gasteiger partial charge in [-0.2, -0.15) is 0 Å². The third kappa shape index (κ3) is 2.90. The highest BCUT2D eigenvalue weighted by molar-refractivity contribution is 9.10. The molecule has 2 nitrogen and oxygen atoms in total. The molecule has 0 aliphatic rings. The van der Waals surface area contributed by atoms with Crippen molar-refractivity contribution in [2.45, 2.75) is 6.92 Å². The molecule has 1 unspecified atom stereocenters. The van der Waals surface area contributed by atoms with E-state index in [1.54, 1.807) is 13.0 Å². The first-order valence-corrected chi connectivity index (χ1v) is 5.88. The second-order valence-electron chi connectivity index (χ2n) is 2.34. The SMILES string of the molecule is CCO[PH](=O)c1ccc(Br)cc1F. The minimum atomic E-state index is -2.41. The summed E-state index contributed by atoms with van der Waals surface area (Å²) in [6.45, 7) is 2.05. The molecule has 1 aromatic carbocycles. The van der Waals surface area contributed by atoms with Gasteiger partial charge in [-0.1, -0.05) is 15.9 Å². The van der Waals surface area contributed by atoms with Crippen LogP contribution in [0.1, 0.15) is 6.92 Å². The smallest absolute Gasteiger partial charge is 0.223 e. The summed E-state index contributed by atoms with van der Waals surface area (Å²) >= 11 is 3.11. The average molecular weight is 267 g/mol. The Labute approximate surface area is 85.1 Å². The van der Waals surface area contributed by atoms with Gasteiger partial charge in [0.05, 0.1) is 11.9 Å². The summed E-state index contributed by atoms with van der Waals surface area (Å²) in [6, 6.07) is 4.38. The van der Waals surface area contributed by atoms with E-state index in [2.05, 4.69) is 15.9 Å². The Morgan fingerprint density at radius 1 is 1.62 bits per heavy atom. The molecule has 0 aromatic heterocycles. The molecule has 5 heteroatoms. The number of hydrogen-bond donors (Lipinski definition) is 0. The van der Waals surface area contributed by atoms with Gasteiger partial charge in [-0.05, 0) is 25.1 Å². The van der Waals surface area contributed by atoms with Gasteiger partial charge in [0.25, 0.3) is 0 Å². The third-order valence-corrected chi connectivity index (χ3v) is 3.32. The lowest BCUT2D eigenvalue weighted by atomic mass is 10.3. The number of halogens is 2. The van der Waals surface area contributed by atoms with Gasteiger partial charge < -0.3 is 4.52 Å². The first-order chi connectivity index (χ1) is 6.15. The highest BCUT2D eigenvalue weighted by Gasteiger charge is 2.09. The molecular formula is C8H9BrFO2P. The van der Waals surface area contributed by atoms with E-state index >= 15 is 0 Å². The molecule has 0 aliphatic heterocycles. The number of hydrogen-bond acceptors (Lipinski definition) is 2. The van der Waals surface area contributed by atoms with E-state index < -0.39 is 13.8 Å². The fraction of sp³-hybridized carbons (Fsp3) is 0.250. The standard InChI is InChI=1S/C8H9BrFO2P/c1-2-12-13(11)8-4-3-6(9)5-7(8)10/h3-5,13H,2H2,1H3. The average Bonchev–Trinajstić information content (AvgIpc) is 2.04. The molecule has 0 spiro atoms. The molecule has 0 radical (unpaired) electrons. The summed E-state index contributed by atoms with van der Waals surface area (Å²) in [5.41, 5.74) is 0. The Bertz CT molecular complexity index is 330. The van der Waals surface area contributed by atoms with E-state index in [1.807, 2.05) is 0 Å². The van der Waals surface area contributed by atoms with Gasteiger partial charge in [0.2, 0.25) is 8.03 Å². The van der Waals surface area contributed by atoms with Gasteiger partial charge in [0, 0.05) is 4.47 Å². The van der Waals surface area contributed by atoms with Gasteiger partial charge in [-0.3, -0.25) is 4.57 Å². The molecule has 1 atom stereocenters. The van der Waals surface area contributed by atoms with E-state index in [4.69, 9.17) is 4.52 Å². The van der Waals surface area contributed by atoms with Crippen LogP contribution in [0, 0.1) is 5.82 Å². The Morgan fingerprint density at radius 3 is 2.85 bits per heavy atom. The molecule has 0 saturated heterocycles. The minimum Gasteiger partial charge on any atom is -0.328 e. The summed E-state index contributed by atoms with van der Waals surface area (Å²) in [7, 11) is -2.41. The van der Waals surface area contributed by atoms with Crippen molar-refractivity contribution in [2.75, 3.05) is 6.61 Å². The molecule has 1 rings (SSSR count). The molecule has 0 heterocycles. The number of benzene rings is 1. The van der Waals surface area contributed by atoms with Gasteiger partial charge in [-0.25, -0.2) is 4.39 Å². The van der Waals surface area contributed by atoms with Crippen molar-refractivity contribution < 1.29 is 13.5 Å². The fourth-order valence-electron chi connectivity index (χ4n) is 0.864.